The van der Waals surface area contributed by atoms with E-state index in [0.29, 0.717) is 33.7 Å². The van der Waals surface area contributed by atoms with Crippen LogP contribution in [0.15, 0.2) is 35.9 Å². The number of nitrogens with zero attached hydrogens (tertiary/aromatic N) is 3. The van der Waals surface area contributed by atoms with Gasteiger partial charge in [0.05, 0.1) is 11.6 Å². The summed E-state index contributed by atoms with van der Waals surface area (Å²) in [5.74, 6) is -0.0682. The number of nitrogens with one attached hydrogen (secondary N) is 2. The molecule has 0 aliphatic rings. The van der Waals surface area contributed by atoms with E-state index in [0.717, 1.165) is 11.1 Å². The highest BCUT2D eigenvalue weighted by atomic mass is 35.5. The molecule has 0 radical (unpaired) electrons. The SMILES string of the molecule is CC(Sc1ncnc2nc[nH]c12)C(=O)NCCc1ccc(Cl)cc1Cl. The summed E-state index contributed by atoms with van der Waals surface area (Å²) in [7, 11) is 0. The van der Waals surface area contributed by atoms with Crippen molar-refractivity contribution in [1.29, 1.82) is 0 Å². The molecule has 0 saturated carbocycles. The molecule has 1 amide bonds. The van der Waals surface area contributed by atoms with Gasteiger partial charge in [-0.05, 0) is 31.0 Å². The molecule has 25 heavy (non-hydrogen) atoms. The molecule has 0 spiro atoms. The number of carbonyl (C=O) groups excluding carboxylic acids is 1. The highest BCUT2D eigenvalue weighted by Gasteiger charge is 2.17. The normalized spacial score (nSPS) is 12.3. The van der Waals surface area contributed by atoms with E-state index >= 15 is 0 Å². The Morgan fingerprint density at radius 1 is 1.32 bits per heavy atom. The van der Waals surface area contributed by atoms with Crippen LogP contribution in [0.4, 0.5) is 0 Å². The lowest BCUT2D eigenvalue weighted by atomic mass is 10.1. The molecule has 2 N–H and O–H groups in total. The number of imidazole rings is 1. The Kier molecular flexibility index (Phi) is 5.78. The minimum Gasteiger partial charge on any atom is -0.355 e. The average molecular weight is 396 g/mol. The van der Waals surface area contributed by atoms with Gasteiger partial charge in [-0.25, -0.2) is 15.0 Å². The third-order valence-electron chi connectivity index (χ3n) is 3.55. The molecule has 2 aromatic heterocycles. The van der Waals surface area contributed by atoms with Gasteiger partial charge in [0.15, 0.2) is 5.65 Å². The average Bonchev–Trinajstić information content (AvgIpc) is 3.06. The Balaban J connectivity index is 1.55. The van der Waals surface area contributed by atoms with Gasteiger partial charge >= 0.3 is 0 Å². The fraction of sp³-hybridized carbons (Fsp3) is 0.250. The summed E-state index contributed by atoms with van der Waals surface area (Å²) in [6.45, 7) is 2.33. The summed E-state index contributed by atoms with van der Waals surface area (Å²) in [5.41, 5.74) is 2.27. The van der Waals surface area contributed by atoms with E-state index in [-0.39, 0.29) is 11.2 Å². The summed E-state index contributed by atoms with van der Waals surface area (Å²) >= 11 is 13.4. The molecule has 130 valence electrons. The van der Waals surface area contributed by atoms with Crippen LogP contribution >= 0.6 is 35.0 Å². The van der Waals surface area contributed by atoms with Crippen molar-refractivity contribution in [2.75, 3.05) is 6.54 Å². The number of thioether (sulfide) groups is 1. The van der Waals surface area contributed by atoms with E-state index in [4.69, 9.17) is 23.2 Å². The number of amides is 1. The van der Waals surface area contributed by atoms with Gasteiger partial charge in [-0.1, -0.05) is 41.0 Å². The lowest BCUT2D eigenvalue weighted by molar-refractivity contribution is -0.120. The number of H-pyrrole nitrogens is 1. The molecule has 0 aliphatic carbocycles. The van der Waals surface area contributed by atoms with E-state index in [1.807, 2.05) is 13.0 Å². The molecule has 1 atom stereocenters. The number of carbonyl (C=O) groups is 1. The highest BCUT2D eigenvalue weighted by molar-refractivity contribution is 8.00. The monoisotopic (exact) mass is 395 g/mol. The Labute approximate surface area is 158 Å². The van der Waals surface area contributed by atoms with Crippen LogP contribution in [0.25, 0.3) is 11.2 Å². The van der Waals surface area contributed by atoms with E-state index in [9.17, 15) is 4.79 Å². The maximum absolute atomic E-state index is 12.3. The smallest absolute Gasteiger partial charge is 0.233 e. The zero-order valence-electron chi connectivity index (χ0n) is 13.3. The number of hydrogen-bond donors (Lipinski definition) is 2. The lowest BCUT2D eigenvalue weighted by Crippen LogP contribution is -2.32. The zero-order chi connectivity index (χ0) is 17.8. The summed E-state index contributed by atoms with van der Waals surface area (Å²) in [5, 5.41) is 4.51. The predicted octanol–water partition coefficient (Wildman–Crippen LogP) is 3.50. The molecule has 0 saturated heterocycles. The Hall–Kier alpha value is -1.83. The molecule has 0 aliphatic heterocycles. The first-order chi connectivity index (χ1) is 12.0. The van der Waals surface area contributed by atoms with Crippen LogP contribution in [0.2, 0.25) is 10.0 Å². The summed E-state index contributed by atoms with van der Waals surface area (Å²) in [6, 6.07) is 5.35. The second kappa shape index (κ2) is 8.03. The van der Waals surface area contributed by atoms with Crippen LogP contribution in [-0.4, -0.2) is 37.6 Å². The van der Waals surface area contributed by atoms with Gasteiger partial charge in [0.25, 0.3) is 0 Å². The number of benzene rings is 1. The van der Waals surface area contributed by atoms with Crippen molar-refractivity contribution in [1.82, 2.24) is 25.3 Å². The number of fused-ring (bicyclic) bond motifs is 1. The van der Waals surface area contributed by atoms with Crippen molar-refractivity contribution < 1.29 is 4.79 Å². The standard InChI is InChI=1S/C16H15Cl2N5OS/c1-9(25-16-13-14(21-7-20-13)22-8-23-16)15(24)19-5-4-10-2-3-11(17)6-12(10)18/h2-3,6-9H,4-5H2,1H3,(H,19,24)(H,20,21,22,23). The van der Waals surface area contributed by atoms with Gasteiger partial charge in [-0.2, -0.15) is 0 Å². The van der Waals surface area contributed by atoms with E-state index in [2.05, 4.69) is 25.3 Å². The second-order valence-electron chi connectivity index (χ2n) is 5.32. The minimum absolute atomic E-state index is 0.0682. The largest absolute Gasteiger partial charge is 0.355 e. The zero-order valence-corrected chi connectivity index (χ0v) is 15.6. The van der Waals surface area contributed by atoms with Crippen molar-refractivity contribution in [2.45, 2.75) is 23.6 Å². The van der Waals surface area contributed by atoms with Crippen LogP contribution in [0.1, 0.15) is 12.5 Å². The van der Waals surface area contributed by atoms with Crippen LogP contribution < -0.4 is 5.32 Å². The van der Waals surface area contributed by atoms with Crippen LogP contribution in [0.3, 0.4) is 0 Å². The van der Waals surface area contributed by atoms with Crippen molar-refractivity contribution in [3.05, 3.63) is 46.5 Å². The molecule has 1 unspecified atom stereocenters. The van der Waals surface area contributed by atoms with Gasteiger partial charge in [-0.3, -0.25) is 4.79 Å². The van der Waals surface area contributed by atoms with Crippen LogP contribution in [-0.2, 0) is 11.2 Å². The summed E-state index contributed by atoms with van der Waals surface area (Å²) in [4.78, 5) is 27.7. The molecule has 6 nitrogen and oxygen atoms in total. The third-order valence-corrected chi connectivity index (χ3v) is 5.24. The van der Waals surface area contributed by atoms with Gasteiger partial charge < -0.3 is 10.3 Å². The van der Waals surface area contributed by atoms with Crippen LogP contribution in [0.5, 0.6) is 0 Å². The molecule has 0 bridgehead atoms. The van der Waals surface area contributed by atoms with Gasteiger partial charge in [-0.15, -0.1) is 0 Å². The van der Waals surface area contributed by atoms with Gasteiger partial charge in [0.2, 0.25) is 5.91 Å². The van der Waals surface area contributed by atoms with Crippen molar-refractivity contribution >= 4 is 52.0 Å². The van der Waals surface area contributed by atoms with E-state index in [1.165, 1.54) is 18.1 Å². The minimum atomic E-state index is -0.304. The topological polar surface area (TPSA) is 83.6 Å². The molecule has 2 heterocycles. The lowest BCUT2D eigenvalue weighted by Gasteiger charge is -2.12. The number of aromatic nitrogens is 4. The molecule has 1 aromatic carbocycles. The van der Waals surface area contributed by atoms with Crippen molar-refractivity contribution in [3.8, 4) is 0 Å². The first-order valence-electron chi connectivity index (χ1n) is 7.57. The van der Waals surface area contributed by atoms with Gasteiger partial charge in [0.1, 0.15) is 16.9 Å². The Morgan fingerprint density at radius 2 is 2.16 bits per heavy atom. The Morgan fingerprint density at radius 3 is 2.96 bits per heavy atom. The first kappa shape index (κ1) is 18.0. The third kappa shape index (κ3) is 4.42. The number of rotatable bonds is 6. The highest BCUT2D eigenvalue weighted by Crippen LogP contribution is 2.26. The quantitative estimate of drug-likeness (QED) is 0.492. The van der Waals surface area contributed by atoms with Gasteiger partial charge in [0, 0.05) is 16.6 Å². The second-order valence-corrected chi connectivity index (χ2v) is 7.49. The predicted molar refractivity (Wildman–Crippen MR) is 100 cm³/mol. The van der Waals surface area contributed by atoms with Crippen LogP contribution in [0, 0.1) is 0 Å². The fourth-order valence-electron chi connectivity index (χ4n) is 2.24. The Bertz CT molecular complexity index is 901. The number of halogens is 2. The number of hydrogen-bond acceptors (Lipinski definition) is 5. The van der Waals surface area contributed by atoms with Crippen molar-refractivity contribution in [2.24, 2.45) is 0 Å². The summed E-state index contributed by atoms with van der Waals surface area (Å²) < 4.78 is 0. The van der Waals surface area contributed by atoms with Crippen molar-refractivity contribution in [3.63, 3.8) is 0 Å². The van der Waals surface area contributed by atoms with E-state index in [1.54, 1.807) is 18.5 Å². The molecule has 9 heteroatoms. The fourth-order valence-corrected chi connectivity index (χ4v) is 3.65. The molecular formula is C16H15Cl2N5OS. The first-order valence-corrected chi connectivity index (χ1v) is 9.20. The molecular weight excluding hydrogens is 381 g/mol. The molecule has 3 aromatic rings. The maximum Gasteiger partial charge on any atom is 0.233 e. The summed E-state index contributed by atoms with van der Waals surface area (Å²) in [6.07, 6.45) is 3.64. The molecule has 3 rings (SSSR count). The maximum atomic E-state index is 12.3. The van der Waals surface area contributed by atoms with E-state index < -0.39 is 0 Å². The molecule has 0 fully saturated rings. The number of aromatic amines is 1.